The summed E-state index contributed by atoms with van der Waals surface area (Å²) in [7, 11) is 0. The highest BCUT2D eigenvalue weighted by molar-refractivity contribution is 8.00. The first-order valence-corrected chi connectivity index (χ1v) is 9.44. The molecule has 1 aromatic carbocycles. The zero-order valence-corrected chi connectivity index (χ0v) is 15.6. The predicted molar refractivity (Wildman–Crippen MR) is 97.9 cm³/mol. The van der Waals surface area contributed by atoms with E-state index in [-0.39, 0.29) is 23.5 Å². The van der Waals surface area contributed by atoms with Crippen molar-refractivity contribution in [3.63, 3.8) is 0 Å². The maximum Gasteiger partial charge on any atom is 0.311 e. The van der Waals surface area contributed by atoms with Crippen molar-refractivity contribution < 1.29 is 14.3 Å². The van der Waals surface area contributed by atoms with Crippen LogP contribution >= 0.6 is 34.7 Å². The molecule has 1 unspecified atom stereocenters. The quantitative estimate of drug-likeness (QED) is 0.576. The molecule has 1 heterocycles. The van der Waals surface area contributed by atoms with Crippen LogP contribution in [-0.4, -0.2) is 28.7 Å². The van der Waals surface area contributed by atoms with Crippen LogP contribution in [0.2, 0.25) is 5.02 Å². The molecule has 5 nitrogen and oxygen atoms in total. The molecule has 0 aliphatic carbocycles. The highest BCUT2D eigenvalue weighted by Gasteiger charge is 2.16. The number of benzene rings is 1. The maximum absolute atomic E-state index is 12.2. The van der Waals surface area contributed by atoms with Gasteiger partial charge >= 0.3 is 5.97 Å². The van der Waals surface area contributed by atoms with Crippen molar-refractivity contribution in [1.82, 2.24) is 4.98 Å². The average Bonchev–Trinajstić information content (AvgIpc) is 2.96. The molecule has 8 heteroatoms. The Morgan fingerprint density at radius 3 is 2.75 bits per heavy atom. The molecule has 1 atom stereocenters. The second kappa shape index (κ2) is 9.05. The van der Waals surface area contributed by atoms with Crippen LogP contribution in [0, 0.1) is 0 Å². The van der Waals surface area contributed by atoms with Crippen LogP contribution in [0.15, 0.2) is 34.5 Å². The van der Waals surface area contributed by atoms with Crippen LogP contribution in [0.25, 0.3) is 0 Å². The summed E-state index contributed by atoms with van der Waals surface area (Å²) in [5.74, 6) is -0.473. The Hall–Kier alpha value is -1.57. The first kappa shape index (κ1) is 18.8. The first-order valence-electron chi connectivity index (χ1n) is 7.31. The van der Waals surface area contributed by atoms with Crippen molar-refractivity contribution in [3.05, 3.63) is 40.4 Å². The molecule has 0 saturated heterocycles. The minimum atomic E-state index is -0.327. The molecule has 128 valence electrons. The van der Waals surface area contributed by atoms with E-state index in [2.05, 4.69) is 10.3 Å². The molecule has 1 N–H and O–H groups in total. The van der Waals surface area contributed by atoms with E-state index in [9.17, 15) is 9.59 Å². The molecule has 0 bridgehead atoms. The molecule has 0 aliphatic rings. The lowest BCUT2D eigenvalue weighted by atomic mass is 10.3. The fourth-order valence-electron chi connectivity index (χ4n) is 1.78. The van der Waals surface area contributed by atoms with Gasteiger partial charge in [-0.1, -0.05) is 11.6 Å². The number of aromatic nitrogens is 1. The number of esters is 1. The van der Waals surface area contributed by atoms with Crippen molar-refractivity contribution in [2.75, 3.05) is 11.9 Å². The number of anilines is 1. The number of rotatable bonds is 7. The number of carbonyl (C=O) groups is 2. The van der Waals surface area contributed by atoms with Gasteiger partial charge in [0.15, 0.2) is 5.13 Å². The third-order valence-electron chi connectivity index (χ3n) is 2.91. The molecule has 1 amide bonds. The summed E-state index contributed by atoms with van der Waals surface area (Å²) in [6.45, 7) is 3.91. The number of thiazole rings is 1. The monoisotopic (exact) mass is 384 g/mol. The zero-order chi connectivity index (χ0) is 17.5. The van der Waals surface area contributed by atoms with Gasteiger partial charge in [0.1, 0.15) is 0 Å². The highest BCUT2D eigenvalue weighted by atomic mass is 35.5. The number of hydrogen-bond acceptors (Lipinski definition) is 6. The summed E-state index contributed by atoms with van der Waals surface area (Å²) >= 11 is 8.57. The van der Waals surface area contributed by atoms with Gasteiger partial charge in [-0.25, -0.2) is 4.98 Å². The summed E-state index contributed by atoms with van der Waals surface area (Å²) in [6, 6.07) is 7.32. The van der Waals surface area contributed by atoms with Gasteiger partial charge in [-0.15, -0.1) is 23.1 Å². The van der Waals surface area contributed by atoms with Crippen LogP contribution in [0.3, 0.4) is 0 Å². The van der Waals surface area contributed by atoms with Crippen molar-refractivity contribution in [2.24, 2.45) is 0 Å². The lowest BCUT2D eigenvalue weighted by Crippen LogP contribution is -2.22. The van der Waals surface area contributed by atoms with Crippen LogP contribution in [0.5, 0.6) is 0 Å². The largest absolute Gasteiger partial charge is 0.466 e. The number of nitrogens with zero attached hydrogens (tertiary/aromatic N) is 1. The zero-order valence-electron chi connectivity index (χ0n) is 13.2. The third kappa shape index (κ3) is 5.81. The Balaban J connectivity index is 1.88. The lowest BCUT2D eigenvalue weighted by Gasteiger charge is -2.10. The fraction of sp³-hybridized carbons (Fsp3) is 0.312. The van der Waals surface area contributed by atoms with E-state index in [1.54, 1.807) is 24.4 Å². The summed E-state index contributed by atoms with van der Waals surface area (Å²) in [5.41, 5.74) is 0.590. The van der Waals surface area contributed by atoms with E-state index in [1.165, 1.54) is 23.1 Å². The smallest absolute Gasteiger partial charge is 0.311 e. The van der Waals surface area contributed by atoms with Crippen molar-refractivity contribution in [2.45, 2.75) is 30.4 Å². The van der Waals surface area contributed by atoms with E-state index < -0.39 is 0 Å². The number of ether oxygens (including phenoxy) is 1. The van der Waals surface area contributed by atoms with Gasteiger partial charge in [-0.05, 0) is 38.1 Å². The molecule has 2 aromatic rings. The van der Waals surface area contributed by atoms with Crippen molar-refractivity contribution >= 4 is 51.7 Å². The third-order valence-corrected chi connectivity index (χ3v) is 5.08. The van der Waals surface area contributed by atoms with Crippen LogP contribution in [-0.2, 0) is 20.7 Å². The van der Waals surface area contributed by atoms with Crippen LogP contribution < -0.4 is 5.32 Å². The SMILES string of the molecule is CCOC(=O)Cc1csc(NC(=O)C(C)Sc2ccc(Cl)cc2)n1. The second-order valence-electron chi connectivity index (χ2n) is 4.83. The summed E-state index contributed by atoms with van der Waals surface area (Å²) in [5, 5.41) is 5.36. The molecule has 0 aliphatic heterocycles. The minimum absolute atomic E-state index is 0.106. The number of hydrogen-bond donors (Lipinski definition) is 1. The van der Waals surface area contributed by atoms with Crippen molar-refractivity contribution in [3.8, 4) is 0 Å². The van der Waals surface area contributed by atoms with Gasteiger partial charge in [0, 0.05) is 15.3 Å². The summed E-state index contributed by atoms with van der Waals surface area (Å²) < 4.78 is 4.87. The molecule has 2 rings (SSSR count). The molecule has 0 saturated carbocycles. The second-order valence-corrected chi connectivity index (χ2v) is 7.54. The van der Waals surface area contributed by atoms with Crippen LogP contribution in [0.1, 0.15) is 19.5 Å². The molecular weight excluding hydrogens is 368 g/mol. The number of halogens is 1. The topological polar surface area (TPSA) is 68.3 Å². The maximum atomic E-state index is 12.2. The van der Waals surface area contributed by atoms with Gasteiger partial charge < -0.3 is 10.1 Å². The van der Waals surface area contributed by atoms with E-state index in [0.717, 1.165) is 4.90 Å². The summed E-state index contributed by atoms with van der Waals surface area (Å²) in [4.78, 5) is 28.9. The molecular formula is C16H17ClN2O3S2. The van der Waals surface area contributed by atoms with E-state index >= 15 is 0 Å². The van der Waals surface area contributed by atoms with Gasteiger partial charge in [0.2, 0.25) is 5.91 Å². The first-order chi connectivity index (χ1) is 11.5. The van der Waals surface area contributed by atoms with Gasteiger partial charge in [-0.2, -0.15) is 0 Å². The molecule has 0 radical (unpaired) electrons. The predicted octanol–water partition coefficient (Wildman–Crippen LogP) is 4.02. The van der Waals surface area contributed by atoms with Gasteiger partial charge in [0.25, 0.3) is 0 Å². The molecule has 0 fully saturated rings. The molecule has 0 spiro atoms. The van der Waals surface area contributed by atoms with E-state index in [4.69, 9.17) is 16.3 Å². The Kier molecular flexibility index (Phi) is 7.08. The lowest BCUT2D eigenvalue weighted by molar-refractivity contribution is -0.142. The van der Waals surface area contributed by atoms with Gasteiger partial charge in [0.05, 0.1) is 24.0 Å². The highest BCUT2D eigenvalue weighted by Crippen LogP contribution is 2.26. The fourth-order valence-corrected chi connectivity index (χ4v) is 3.49. The van der Waals surface area contributed by atoms with E-state index in [1.807, 2.05) is 19.1 Å². The minimum Gasteiger partial charge on any atom is -0.466 e. The Morgan fingerprint density at radius 2 is 2.08 bits per heavy atom. The summed E-state index contributed by atoms with van der Waals surface area (Å²) in [6.07, 6.45) is 0.106. The normalized spacial score (nSPS) is 11.8. The Morgan fingerprint density at radius 1 is 1.38 bits per heavy atom. The van der Waals surface area contributed by atoms with Crippen LogP contribution in [0.4, 0.5) is 5.13 Å². The average molecular weight is 385 g/mol. The molecule has 1 aromatic heterocycles. The number of carbonyl (C=O) groups excluding carboxylic acids is 2. The van der Waals surface area contributed by atoms with Gasteiger partial charge in [-0.3, -0.25) is 9.59 Å². The standard InChI is InChI=1S/C16H17ClN2O3S2/c1-3-22-14(20)8-12-9-23-16(18-12)19-15(21)10(2)24-13-6-4-11(17)5-7-13/h4-7,9-10H,3,8H2,1-2H3,(H,18,19,21). The van der Waals surface area contributed by atoms with Crippen molar-refractivity contribution in [1.29, 1.82) is 0 Å². The number of thioether (sulfide) groups is 1. The number of nitrogens with one attached hydrogen (secondary N) is 1. The number of amides is 1. The molecule has 24 heavy (non-hydrogen) atoms. The Bertz CT molecular complexity index is 704. The van der Waals surface area contributed by atoms with E-state index in [0.29, 0.717) is 22.5 Å². The Labute approximate surface area is 153 Å².